The summed E-state index contributed by atoms with van der Waals surface area (Å²) in [7, 11) is 0. The molecule has 4 unspecified atom stereocenters. The SMILES string of the molecule is CC(C)CC(N)C(=O)NC(C)C(=O)NC(CC(N)=O)C(=O)NC(CS)C(=O)O. The number of primary amides is 1. The van der Waals surface area contributed by atoms with Crippen molar-refractivity contribution >= 4 is 42.2 Å². The Hall–Kier alpha value is -2.34. The van der Waals surface area contributed by atoms with Crippen LogP contribution in [0.25, 0.3) is 0 Å². The zero-order valence-corrected chi connectivity index (χ0v) is 17.0. The van der Waals surface area contributed by atoms with E-state index in [1.54, 1.807) is 0 Å². The van der Waals surface area contributed by atoms with Crippen molar-refractivity contribution < 1.29 is 29.1 Å². The number of carbonyl (C=O) groups is 5. The summed E-state index contributed by atoms with van der Waals surface area (Å²) < 4.78 is 0. The molecule has 0 aliphatic heterocycles. The van der Waals surface area contributed by atoms with Crippen molar-refractivity contribution in [3.63, 3.8) is 0 Å². The van der Waals surface area contributed by atoms with Gasteiger partial charge >= 0.3 is 5.97 Å². The van der Waals surface area contributed by atoms with Crippen LogP contribution >= 0.6 is 12.6 Å². The fraction of sp³-hybridized carbons (Fsp3) is 0.688. The number of aliphatic carboxylic acids is 1. The maximum Gasteiger partial charge on any atom is 0.327 e. The van der Waals surface area contributed by atoms with Gasteiger partial charge in [0.25, 0.3) is 0 Å². The third kappa shape index (κ3) is 9.55. The van der Waals surface area contributed by atoms with Crippen LogP contribution in [0.5, 0.6) is 0 Å². The molecule has 8 N–H and O–H groups in total. The molecule has 0 saturated carbocycles. The molecule has 0 spiro atoms. The first-order chi connectivity index (χ1) is 12.9. The Bertz CT molecular complexity index is 600. The van der Waals surface area contributed by atoms with E-state index >= 15 is 0 Å². The highest BCUT2D eigenvalue weighted by Gasteiger charge is 2.29. The number of hydrogen-bond donors (Lipinski definition) is 7. The number of thiol groups is 1. The predicted molar refractivity (Wildman–Crippen MR) is 104 cm³/mol. The molecule has 0 bridgehead atoms. The molecule has 0 rings (SSSR count). The standard InChI is InChI=1S/C16H29N5O6S/c1-7(2)4-9(17)14(24)19-8(3)13(23)20-10(5-12(18)22)15(25)21-11(6-28)16(26)27/h7-11,28H,4-6,17H2,1-3H3,(H2,18,22)(H,19,24)(H,20,23)(H,21,25)(H,26,27). The molecular weight excluding hydrogens is 390 g/mol. The van der Waals surface area contributed by atoms with Gasteiger partial charge in [-0.15, -0.1) is 0 Å². The number of carbonyl (C=O) groups excluding carboxylic acids is 4. The minimum Gasteiger partial charge on any atom is -0.480 e. The molecule has 28 heavy (non-hydrogen) atoms. The lowest BCUT2D eigenvalue weighted by Gasteiger charge is -2.23. The van der Waals surface area contributed by atoms with Gasteiger partial charge in [0, 0.05) is 5.75 Å². The molecule has 0 aromatic heterocycles. The van der Waals surface area contributed by atoms with E-state index in [2.05, 4.69) is 28.6 Å². The first-order valence-electron chi connectivity index (χ1n) is 8.67. The van der Waals surface area contributed by atoms with Crippen LogP contribution in [0.3, 0.4) is 0 Å². The van der Waals surface area contributed by atoms with Gasteiger partial charge in [-0.25, -0.2) is 4.79 Å². The summed E-state index contributed by atoms with van der Waals surface area (Å²) in [6.07, 6.45) is -0.128. The van der Waals surface area contributed by atoms with Crippen LogP contribution in [0.1, 0.15) is 33.6 Å². The van der Waals surface area contributed by atoms with Crippen LogP contribution in [0.4, 0.5) is 0 Å². The van der Waals surface area contributed by atoms with E-state index in [1.807, 2.05) is 13.8 Å². The van der Waals surface area contributed by atoms with Gasteiger partial charge in [0.05, 0.1) is 12.5 Å². The normalized spacial score (nSPS) is 15.1. The zero-order valence-electron chi connectivity index (χ0n) is 16.1. The third-order valence-electron chi connectivity index (χ3n) is 3.65. The summed E-state index contributed by atoms with van der Waals surface area (Å²) in [5.41, 5.74) is 10.8. The Kier molecular flexibility index (Phi) is 11.2. The van der Waals surface area contributed by atoms with Crippen molar-refractivity contribution in [2.75, 3.05) is 5.75 Å². The van der Waals surface area contributed by atoms with Crippen molar-refractivity contribution in [2.24, 2.45) is 17.4 Å². The van der Waals surface area contributed by atoms with Crippen molar-refractivity contribution in [1.82, 2.24) is 16.0 Å². The Morgan fingerprint density at radius 2 is 1.46 bits per heavy atom. The average Bonchev–Trinajstić information content (AvgIpc) is 2.57. The smallest absolute Gasteiger partial charge is 0.327 e. The van der Waals surface area contributed by atoms with Crippen LogP contribution < -0.4 is 27.4 Å². The Labute approximate surface area is 168 Å². The number of hydrogen-bond acceptors (Lipinski definition) is 7. The van der Waals surface area contributed by atoms with Crippen LogP contribution in [0.15, 0.2) is 0 Å². The van der Waals surface area contributed by atoms with Crippen LogP contribution in [-0.2, 0) is 24.0 Å². The number of amides is 4. The molecule has 0 heterocycles. The minimum atomic E-state index is -1.41. The molecule has 0 aromatic carbocycles. The molecular formula is C16H29N5O6S. The predicted octanol–water partition coefficient (Wildman–Crippen LogP) is -2.28. The van der Waals surface area contributed by atoms with E-state index in [-0.39, 0.29) is 11.7 Å². The topological polar surface area (TPSA) is 194 Å². The maximum absolute atomic E-state index is 12.3. The van der Waals surface area contributed by atoms with Crippen LogP contribution in [0, 0.1) is 5.92 Å². The first kappa shape index (κ1) is 25.7. The van der Waals surface area contributed by atoms with Gasteiger partial charge in [0.2, 0.25) is 23.6 Å². The quantitative estimate of drug-likeness (QED) is 0.173. The Balaban J connectivity index is 5.00. The van der Waals surface area contributed by atoms with Crippen molar-refractivity contribution in [3.05, 3.63) is 0 Å². The van der Waals surface area contributed by atoms with Crippen molar-refractivity contribution in [1.29, 1.82) is 0 Å². The number of rotatable bonds is 12. The van der Waals surface area contributed by atoms with E-state index in [9.17, 15) is 24.0 Å². The van der Waals surface area contributed by atoms with Crippen LogP contribution in [-0.4, -0.2) is 64.6 Å². The molecule has 160 valence electrons. The lowest BCUT2D eigenvalue weighted by molar-refractivity contribution is -0.141. The summed E-state index contributed by atoms with van der Waals surface area (Å²) in [6, 6.07) is -4.56. The van der Waals surface area contributed by atoms with Crippen LogP contribution in [0.2, 0.25) is 0 Å². The summed E-state index contributed by atoms with van der Waals surface area (Å²) in [5.74, 6) is -4.43. The van der Waals surface area contributed by atoms with Gasteiger partial charge in [-0.3, -0.25) is 19.2 Å². The summed E-state index contributed by atoms with van der Waals surface area (Å²) in [4.78, 5) is 58.7. The monoisotopic (exact) mass is 419 g/mol. The van der Waals surface area contributed by atoms with Crippen molar-refractivity contribution in [3.8, 4) is 0 Å². The second-order valence-corrected chi connectivity index (χ2v) is 7.15. The summed E-state index contributed by atoms with van der Waals surface area (Å²) in [5, 5.41) is 15.8. The molecule has 0 fully saturated rings. The average molecular weight is 420 g/mol. The van der Waals surface area contributed by atoms with E-state index in [4.69, 9.17) is 16.6 Å². The lowest BCUT2D eigenvalue weighted by atomic mass is 10.0. The highest BCUT2D eigenvalue weighted by atomic mass is 32.1. The third-order valence-corrected chi connectivity index (χ3v) is 4.01. The molecule has 0 saturated heterocycles. The van der Waals surface area contributed by atoms with Gasteiger partial charge in [-0.1, -0.05) is 13.8 Å². The molecule has 4 amide bonds. The Morgan fingerprint density at radius 3 is 1.89 bits per heavy atom. The van der Waals surface area contributed by atoms with E-state index in [0.29, 0.717) is 6.42 Å². The van der Waals surface area contributed by atoms with Gasteiger partial charge in [0.15, 0.2) is 0 Å². The van der Waals surface area contributed by atoms with Gasteiger partial charge in [-0.05, 0) is 19.3 Å². The largest absolute Gasteiger partial charge is 0.480 e. The summed E-state index contributed by atoms with van der Waals surface area (Å²) >= 11 is 3.82. The van der Waals surface area contributed by atoms with Gasteiger partial charge < -0.3 is 32.5 Å². The molecule has 0 radical (unpaired) electrons. The molecule has 0 aliphatic rings. The number of nitrogens with one attached hydrogen (secondary N) is 3. The molecule has 0 aromatic rings. The van der Waals surface area contributed by atoms with Crippen molar-refractivity contribution in [2.45, 2.75) is 57.8 Å². The number of nitrogens with two attached hydrogens (primary N) is 2. The van der Waals surface area contributed by atoms with E-state index in [1.165, 1.54) is 6.92 Å². The molecule has 11 nitrogen and oxygen atoms in total. The van der Waals surface area contributed by atoms with E-state index in [0.717, 1.165) is 0 Å². The highest BCUT2D eigenvalue weighted by Crippen LogP contribution is 2.03. The zero-order chi connectivity index (χ0) is 22.0. The molecule has 4 atom stereocenters. The fourth-order valence-electron chi connectivity index (χ4n) is 2.17. The summed E-state index contributed by atoms with van der Waals surface area (Å²) in [6.45, 7) is 5.17. The Morgan fingerprint density at radius 1 is 0.929 bits per heavy atom. The highest BCUT2D eigenvalue weighted by molar-refractivity contribution is 7.80. The number of carboxylic acids is 1. The second kappa shape index (κ2) is 12.2. The first-order valence-corrected chi connectivity index (χ1v) is 9.30. The minimum absolute atomic E-state index is 0.183. The fourth-order valence-corrected chi connectivity index (χ4v) is 2.41. The van der Waals surface area contributed by atoms with Gasteiger partial charge in [-0.2, -0.15) is 12.6 Å². The molecule has 12 heteroatoms. The maximum atomic E-state index is 12.3. The van der Waals surface area contributed by atoms with E-state index < -0.39 is 60.2 Å². The number of carboxylic acid groups (broad SMARTS) is 1. The lowest BCUT2D eigenvalue weighted by Crippen LogP contribution is -2.57. The van der Waals surface area contributed by atoms with Gasteiger partial charge in [0.1, 0.15) is 18.1 Å². The molecule has 0 aliphatic carbocycles. The second-order valence-electron chi connectivity index (χ2n) is 6.78.